The number of pyridine rings is 1. The quantitative estimate of drug-likeness (QED) is 0.877. The molecule has 17 heavy (non-hydrogen) atoms. The van der Waals surface area contributed by atoms with Crippen LogP contribution in [0.2, 0.25) is 0 Å². The third kappa shape index (κ3) is 1.98. The van der Waals surface area contributed by atoms with Gasteiger partial charge in [0, 0.05) is 23.5 Å². The third-order valence-corrected chi connectivity index (χ3v) is 3.24. The maximum absolute atomic E-state index is 5.26. The number of rotatable bonds is 3. The van der Waals surface area contributed by atoms with Gasteiger partial charge in [-0.3, -0.25) is 4.98 Å². The fourth-order valence-corrected chi connectivity index (χ4v) is 2.11. The van der Waals surface area contributed by atoms with Crippen molar-refractivity contribution in [1.29, 1.82) is 0 Å². The Bertz CT molecular complexity index is 529. The van der Waals surface area contributed by atoms with E-state index in [1.54, 1.807) is 0 Å². The van der Waals surface area contributed by atoms with Gasteiger partial charge in [0.15, 0.2) is 0 Å². The average Bonchev–Trinajstić information content (AvgIpc) is 2.34. The number of fused-ring (bicyclic) bond motifs is 1. The van der Waals surface area contributed by atoms with Crippen LogP contribution < -0.4 is 5.32 Å². The van der Waals surface area contributed by atoms with Crippen LogP contribution in [0.25, 0.3) is 10.9 Å². The van der Waals surface area contributed by atoms with Gasteiger partial charge in [0.05, 0.1) is 24.4 Å². The lowest BCUT2D eigenvalue weighted by atomic mass is 9.88. The highest BCUT2D eigenvalue weighted by atomic mass is 16.5. The molecule has 3 heteroatoms. The Kier molecular flexibility index (Phi) is 2.48. The highest BCUT2D eigenvalue weighted by Gasteiger charge is 2.33. The van der Waals surface area contributed by atoms with E-state index in [1.165, 1.54) is 5.39 Å². The minimum Gasteiger partial charge on any atom is -0.383 e. The molecule has 1 aliphatic heterocycles. The Morgan fingerprint density at radius 3 is 2.88 bits per heavy atom. The molecule has 1 saturated heterocycles. The summed E-state index contributed by atoms with van der Waals surface area (Å²) in [4.78, 5) is 4.43. The monoisotopic (exact) mass is 228 g/mol. The fourth-order valence-electron chi connectivity index (χ4n) is 2.11. The molecule has 3 nitrogen and oxygen atoms in total. The minimum atomic E-state index is 0.275. The number of anilines is 1. The largest absolute Gasteiger partial charge is 0.383 e. The molecule has 0 aliphatic carbocycles. The number of benzene rings is 1. The number of para-hydroxylation sites is 1. The molecule has 0 radical (unpaired) electrons. The predicted molar refractivity (Wildman–Crippen MR) is 69.2 cm³/mol. The number of aromatic nitrogens is 1. The Hall–Kier alpha value is -1.61. The lowest BCUT2D eigenvalue weighted by Crippen LogP contribution is -2.45. The van der Waals surface area contributed by atoms with Gasteiger partial charge in [-0.25, -0.2) is 0 Å². The first-order valence-electron chi connectivity index (χ1n) is 5.92. The summed E-state index contributed by atoms with van der Waals surface area (Å²) >= 11 is 0. The zero-order chi connectivity index (χ0) is 11.7. The SMILES string of the molecule is CC1(CNc2cccc3cccnc23)COC1. The van der Waals surface area contributed by atoms with Crippen molar-refractivity contribution < 1.29 is 4.74 Å². The number of hydrogen-bond donors (Lipinski definition) is 1. The average molecular weight is 228 g/mol. The van der Waals surface area contributed by atoms with Gasteiger partial charge in [-0.2, -0.15) is 0 Å². The molecule has 3 rings (SSSR count). The number of nitrogens with zero attached hydrogens (tertiary/aromatic N) is 1. The van der Waals surface area contributed by atoms with Crippen molar-refractivity contribution in [3.8, 4) is 0 Å². The number of hydrogen-bond acceptors (Lipinski definition) is 3. The lowest BCUT2D eigenvalue weighted by Gasteiger charge is -2.38. The van der Waals surface area contributed by atoms with Gasteiger partial charge in [0.2, 0.25) is 0 Å². The predicted octanol–water partition coefficient (Wildman–Crippen LogP) is 2.68. The molecule has 1 N–H and O–H groups in total. The maximum Gasteiger partial charge on any atom is 0.0933 e. The smallest absolute Gasteiger partial charge is 0.0933 e. The molecule has 1 fully saturated rings. The third-order valence-electron chi connectivity index (χ3n) is 3.24. The van der Waals surface area contributed by atoms with E-state index >= 15 is 0 Å². The van der Waals surface area contributed by atoms with E-state index in [0.717, 1.165) is 31.0 Å². The highest BCUT2D eigenvalue weighted by molar-refractivity contribution is 5.90. The molecule has 1 aromatic carbocycles. The van der Waals surface area contributed by atoms with E-state index in [4.69, 9.17) is 4.74 Å². The van der Waals surface area contributed by atoms with Gasteiger partial charge >= 0.3 is 0 Å². The van der Waals surface area contributed by atoms with Crippen LogP contribution in [-0.4, -0.2) is 24.7 Å². The second-order valence-electron chi connectivity index (χ2n) is 5.04. The molecule has 0 atom stereocenters. The molecule has 0 spiro atoms. The second kappa shape index (κ2) is 4.00. The van der Waals surface area contributed by atoms with Crippen molar-refractivity contribution in [1.82, 2.24) is 4.98 Å². The summed E-state index contributed by atoms with van der Waals surface area (Å²) in [5, 5.41) is 4.66. The molecule has 1 aliphatic rings. The molecule has 0 amide bonds. The summed E-state index contributed by atoms with van der Waals surface area (Å²) in [6, 6.07) is 10.3. The van der Waals surface area contributed by atoms with Crippen molar-refractivity contribution in [3.05, 3.63) is 36.5 Å². The van der Waals surface area contributed by atoms with Gasteiger partial charge in [0.1, 0.15) is 0 Å². The van der Waals surface area contributed by atoms with Crippen LogP contribution in [0.4, 0.5) is 5.69 Å². The highest BCUT2D eigenvalue weighted by Crippen LogP contribution is 2.28. The summed E-state index contributed by atoms with van der Waals surface area (Å²) in [5.41, 5.74) is 2.42. The van der Waals surface area contributed by atoms with Crippen LogP contribution >= 0.6 is 0 Å². The van der Waals surface area contributed by atoms with Crippen molar-refractivity contribution in [2.24, 2.45) is 5.41 Å². The summed E-state index contributed by atoms with van der Waals surface area (Å²) in [5.74, 6) is 0. The van der Waals surface area contributed by atoms with Crippen LogP contribution in [0.3, 0.4) is 0 Å². The van der Waals surface area contributed by atoms with Gasteiger partial charge in [0.25, 0.3) is 0 Å². The van der Waals surface area contributed by atoms with E-state index in [1.807, 2.05) is 12.3 Å². The Labute approximate surface area is 101 Å². The summed E-state index contributed by atoms with van der Waals surface area (Å²) in [6.45, 7) is 4.86. The van der Waals surface area contributed by atoms with E-state index in [-0.39, 0.29) is 5.41 Å². The molecule has 88 valence electrons. The van der Waals surface area contributed by atoms with E-state index in [0.29, 0.717) is 0 Å². The molecule has 0 bridgehead atoms. The zero-order valence-electron chi connectivity index (χ0n) is 9.94. The first kappa shape index (κ1) is 10.5. The molecule has 1 aromatic heterocycles. The fraction of sp³-hybridized carbons (Fsp3) is 0.357. The number of nitrogens with one attached hydrogen (secondary N) is 1. The van der Waals surface area contributed by atoms with Crippen LogP contribution in [-0.2, 0) is 4.74 Å². The Morgan fingerprint density at radius 1 is 1.29 bits per heavy atom. The van der Waals surface area contributed by atoms with Crippen molar-refractivity contribution >= 4 is 16.6 Å². The maximum atomic E-state index is 5.26. The standard InChI is InChI=1S/C14H16N2O/c1-14(9-17-10-14)8-16-12-6-2-4-11-5-3-7-15-13(11)12/h2-7,16H,8-10H2,1H3. The van der Waals surface area contributed by atoms with Crippen molar-refractivity contribution in [3.63, 3.8) is 0 Å². The lowest BCUT2D eigenvalue weighted by molar-refractivity contribution is -0.0924. The van der Waals surface area contributed by atoms with Gasteiger partial charge in [-0.1, -0.05) is 25.1 Å². The first-order chi connectivity index (χ1) is 8.27. The van der Waals surface area contributed by atoms with Gasteiger partial charge in [-0.05, 0) is 12.1 Å². The molecule has 2 aromatic rings. The van der Waals surface area contributed by atoms with Crippen molar-refractivity contribution in [2.75, 3.05) is 25.1 Å². The van der Waals surface area contributed by atoms with Crippen LogP contribution in [0.5, 0.6) is 0 Å². The van der Waals surface area contributed by atoms with Crippen LogP contribution in [0.15, 0.2) is 36.5 Å². The van der Waals surface area contributed by atoms with E-state index < -0.39 is 0 Å². The van der Waals surface area contributed by atoms with Gasteiger partial charge < -0.3 is 10.1 Å². The minimum absolute atomic E-state index is 0.275. The summed E-state index contributed by atoms with van der Waals surface area (Å²) < 4.78 is 5.26. The zero-order valence-corrected chi connectivity index (χ0v) is 9.94. The normalized spacial score (nSPS) is 17.7. The number of ether oxygens (including phenoxy) is 1. The molecule has 0 saturated carbocycles. The summed E-state index contributed by atoms with van der Waals surface area (Å²) in [6.07, 6.45) is 1.84. The summed E-state index contributed by atoms with van der Waals surface area (Å²) in [7, 11) is 0. The Balaban J connectivity index is 1.85. The van der Waals surface area contributed by atoms with Crippen LogP contribution in [0, 0.1) is 5.41 Å². The first-order valence-corrected chi connectivity index (χ1v) is 5.92. The molecule has 0 unspecified atom stereocenters. The van der Waals surface area contributed by atoms with Gasteiger partial charge in [-0.15, -0.1) is 0 Å². The van der Waals surface area contributed by atoms with E-state index in [2.05, 4.69) is 41.5 Å². The second-order valence-corrected chi connectivity index (χ2v) is 5.04. The topological polar surface area (TPSA) is 34.2 Å². The van der Waals surface area contributed by atoms with Crippen LogP contribution in [0.1, 0.15) is 6.92 Å². The van der Waals surface area contributed by atoms with Crippen molar-refractivity contribution in [2.45, 2.75) is 6.92 Å². The van der Waals surface area contributed by atoms with E-state index in [9.17, 15) is 0 Å². The molecule has 2 heterocycles. The Morgan fingerprint density at radius 2 is 2.12 bits per heavy atom. The molecular weight excluding hydrogens is 212 g/mol. The molecular formula is C14H16N2O.